The van der Waals surface area contributed by atoms with Crippen LogP contribution < -0.4 is 10.6 Å². The highest BCUT2D eigenvalue weighted by Gasteiger charge is 2.49. The Labute approximate surface area is 130 Å². The summed E-state index contributed by atoms with van der Waals surface area (Å²) in [6.07, 6.45) is 2.15. The molecule has 0 aromatic heterocycles. The Balaban J connectivity index is 2.55. The Morgan fingerprint density at radius 2 is 1.86 bits per heavy atom. The summed E-state index contributed by atoms with van der Waals surface area (Å²) in [6.45, 7) is 13.9. The Morgan fingerprint density at radius 3 is 2.29 bits per heavy atom. The van der Waals surface area contributed by atoms with Crippen molar-refractivity contribution in [1.29, 1.82) is 0 Å². The Morgan fingerprint density at radius 1 is 1.24 bits per heavy atom. The Bertz CT molecular complexity index is 340. The van der Waals surface area contributed by atoms with Crippen LogP contribution in [-0.4, -0.2) is 37.7 Å². The smallest absolute Gasteiger partial charge is 0.236 e. The summed E-state index contributed by atoms with van der Waals surface area (Å²) in [5, 5.41) is 6.32. The summed E-state index contributed by atoms with van der Waals surface area (Å²) in [6, 6.07) is 0.237. The van der Waals surface area contributed by atoms with Crippen molar-refractivity contribution in [2.24, 2.45) is 17.3 Å². The predicted molar refractivity (Wildman–Crippen MR) is 87.2 cm³/mol. The lowest BCUT2D eigenvalue weighted by atomic mass is 9.64. The van der Waals surface area contributed by atoms with E-state index in [-0.39, 0.29) is 17.4 Å². The fraction of sp³-hybridized carbons (Fsp3) is 0.941. The minimum absolute atomic E-state index is 0.0815. The maximum Gasteiger partial charge on any atom is 0.236 e. The molecule has 3 atom stereocenters. The maximum absolute atomic E-state index is 12.0. The average molecular weight is 298 g/mol. The van der Waals surface area contributed by atoms with Crippen LogP contribution in [0.1, 0.15) is 54.4 Å². The zero-order valence-corrected chi connectivity index (χ0v) is 14.8. The molecule has 1 rings (SSSR count). The van der Waals surface area contributed by atoms with E-state index < -0.39 is 0 Å². The van der Waals surface area contributed by atoms with Crippen LogP contribution in [0.2, 0.25) is 0 Å². The van der Waals surface area contributed by atoms with E-state index in [1.165, 1.54) is 0 Å². The first kappa shape index (κ1) is 18.4. The van der Waals surface area contributed by atoms with Gasteiger partial charge in [0, 0.05) is 25.1 Å². The average Bonchev–Trinajstić information content (AvgIpc) is 2.38. The summed E-state index contributed by atoms with van der Waals surface area (Å²) >= 11 is 0. The number of nitrogens with one attached hydrogen (secondary N) is 2. The normalized spacial score (nSPS) is 25.8. The summed E-state index contributed by atoms with van der Waals surface area (Å²) in [4.78, 5) is 12.0. The van der Waals surface area contributed by atoms with E-state index in [1.807, 2.05) is 0 Å². The molecule has 21 heavy (non-hydrogen) atoms. The van der Waals surface area contributed by atoms with Gasteiger partial charge in [0.2, 0.25) is 5.91 Å². The van der Waals surface area contributed by atoms with Gasteiger partial charge in [-0.2, -0.15) is 0 Å². The first-order valence-corrected chi connectivity index (χ1v) is 8.27. The van der Waals surface area contributed by atoms with Crippen LogP contribution in [0.3, 0.4) is 0 Å². The third-order valence-electron chi connectivity index (χ3n) is 4.48. The summed E-state index contributed by atoms with van der Waals surface area (Å²) in [5.41, 5.74) is 0.0815. The highest BCUT2D eigenvalue weighted by molar-refractivity contribution is 5.81. The molecule has 4 nitrogen and oxygen atoms in total. The molecule has 0 aromatic rings. The lowest BCUT2D eigenvalue weighted by molar-refractivity contribution is -0.135. The molecule has 0 aromatic carbocycles. The number of ether oxygens (including phenoxy) is 1. The van der Waals surface area contributed by atoms with E-state index in [9.17, 15) is 4.79 Å². The van der Waals surface area contributed by atoms with E-state index in [4.69, 9.17) is 4.74 Å². The number of likely N-dealkylation sites (N-methyl/N-ethyl adjacent to an activating group) is 1. The zero-order valence-electron chi connectivity index (χ0n) is 14.8. The number of rotatable bonds is 8. The summed E-state index contributed by atoms with van der Waals surface area (Å²) in [7, 11) is 1.71. The third-order valence-corrected chi connectivity index (χ3v) is 4.48. The molecule has 0 spiro atoms. The zero-order chi connectivity index (χ0) is 16.2. The number of hydrogen-bond acceptors (Lipinski definition) is 3. The van der Waals surface area contributed by atoms with Crippen LogP contribution >= 0.6 is 0 Å². The van der Waals surface area contributed by atoms with Gasteiger partial charge in [0.1, 0.15) is 0 Å². The number of hydrogen-bond donors (Lipinski definition) is 2. The molecule has 1 saturated carbocycles. The van der Waals surface area contributed by atoms with Gasteiger partial charge in [0.05, 0.1) is 12.1 Å². The van der Waals surface area contributed by atoms with Crippen molar-refractivity contribution in [2.75, 3.05) is 13.7 Å². The second-order valence-corrected chi connectivity index (χ2v) is 7.79. The minimum atomic E-state index is -0.106. The second kappa shape index (κ2) is 7.59. The summed E-state index contributed by atoms with van der Waals surface area (Å²) < 4.78 is 5.99. The minimum Gasteiger partial charge on any atom is -0.377 e. The van der Waals surface area contributed by atoms with E-state index >= 15 is 0 Å². The van der Waals surface area contributed by atoms with Gasteiger partial charge in [-0.3, -0.25) is 4.79 Å². The van der Waals surface area contributed by atoms with Gasteiger partial charge in [0.15, 0.2) is 0 Å². The van der Waals surface area contributed by atoms with Crippen LogP contribution in [0, 0.1) is 17.3 Å². The first-order valence-electron chi connectivity index (χ1n) is 8.27. The monoisotopic (exact) mass is 298 g/mol. The van der Waals surface area contributed by atoms with Gasteiger partial charge in [-0.15, -0.1) is 0 Å². The van der Waals surface area contributed by atoms with Gasteiger partial charge in [0.25, 0.3) is 0 Å². The van der Waals surface area contributed by atoms with Crippen molar-refractivity contribution in [3.63, 3.8) is 0 Å². The van der Waals surface area contributed by atoms with Crippen molar-refractivity contribution >= 4 is 5.91 Å². The highest BCUT2D eigenvalue weighted by atomic mass is 16.5. The molecule has 4 heteroatoms. The molecule has 2 N–H and O–H groups in total. The van der Waals surface area contributed by atoms with Crippen molar-refractivity contribution in [3.05, 3.63) is 0 Å². The number of amides is 1. The fourth-order valence-corrected chi connectivity index (χ4v) is 2.90. The molecule has 0 aliphatic heterocycles. The van der Waals surface area contributed by atoms with Crippen molar-refractivity contribution in [1.82, 2.24) is 10.6 Å². The van der Waals surface area contributed by atoms with Gasteiger partial charge >= 0.3 is 0 Å². The first-order chi connectivity index (χ1) is 9.68. The van der Waals surface area contributed by atoms with E-state index in [1.54, 1.807) is 7.05 Å². The molecule has 124 valence electrons. The maximum atomic E-state index is 12.0. The standard InChI is InChI=1S/C17H34N2O2/c1-11(2)8-13(16(20)18-7)19-14-9-15(17(14,5)6)21-10-12(3)4/h11-15,19H,8-10H2,1-7H3,(H,18,20). The van der Waals surface area contributed by atoms with Crippen LogP contribution in [0.15, 0.2) is 0 Å². The molecule has 1 amide bonds. The van der Waals surface area contributed by atoms with Gasteiger partial charge in [-0.1, -0.05) is 41.5 Å². The van der Waals surface area contributed by atoms with Gasteiger partial charge < -0.3 is 15.4 Å². The SMILES string of the molecule is CNC(=O)C(CC(C)C)NC1CC(OCC(C)C)C1(C)C. The molecule has 3 unspecified atom stereocenters. The molecule has 1 aliphatic rings. The van der Waals surface area contributed by atoms with Gasteiger partial charge in [-0.05, 0) is 24.7 Å². The fourth-order valence-electron chi connectivity index (χ4n) is 2.90. The number of carbonyl (C=O) groups is 1. The van der Waals surface area contributed by atoms with Crippen LogP contribution in [0.25, 0.3) is 0 Å². The van der Waals surface area contributed by atoms with E-state index in [2.05, 4.69) is 52.2 Å². The molecule has 1 aliphatic carbocycles. The van der Waals surface area contributed by atoms with Crippen molar-refractivity contribution in [3.8, 4) is 0 Å². The van der Waals surface area contributed by atoms with Crippen LogP contribution in [0.5, 0.6) is 0 Å². The Hall–Kier alpha value is -0.610. The summed E-state index contributed by atoms with van der Waals surface area (Å²) in [5.74, 6) is 1.15. The molecule has 0 saturated heterocycles. The molecule has 0 radical (unpaired) electrons. The van der Waals surface area contributed by atoms with Crippen molar-refractivity contribution < 1.29 is 9.53 Å². The van der Waals surface area contributed by atoms with Gasteiger partial charge in [-0.25, -0.2) is 0 Å². The van der Waals surface area contributed by atoms with E-state index in [0.717, 1.165) is 19.4 Å². The predicted octanol–water partition coefficient (Wildman–Crippen LogP) is 2.58. The molecule has 0 bridgehead atoms. The Kier molecular flexibility index (Phi) is 6.67. The highest BCUT2D eigenvalue weighted by Crippen LogP contribution is 2.43. The van der Waals surface area contributed by atoms with Crippen LogP contribution in [-0.2, 0) is 9.53 Å². The number of carbonyl (C=O) groups excluding carboxylic acids is 1. The molecule has 1 fully saturated rings. The van der Waals surface area contributed by atoms with Crippen molar-refractivity contribution in [2.45, 2.75) is 72.6 Å². The molecular weight excluding hydrogens is 264 g/mol. The lowest BCUT2D eigenvalue weighted by Crippen LogP contribution is -2.64. The third kappa shape index (κ3) is 4.96. The molecular formula is C17H34N2O2. The van der Waals surface area contributed by atoms with Crippen LogP contribution in [0.4, 0.5) is 0 Å². The largest absolute Gasteiger partial charge is 0.377 e. The lowest BCUT2D eigenvalue weighted by Gasteiger charge is -2.53. The topological polar surface area (TPSA) is 50.4 Å². The van der Waals surface area contributed by atoms with E-state index in [0.29, 0.717) is 24.0 Å². The second-order valence-electron chi connectivity index (χ2n) is 7.79. The molecule has 0 heterocycles. The quantitative estimate of drug-likeness (QED) is 0.724.